The largest absolute Gasteiger partial charge is 0.378 e. The van der Waals surface area contributed by atoms with E-state index in [0.29, 0.717) is 6.42 Å². The zero-order valence-corrected chi connectivity index (χ0v) is 14.5. The van der Waals surface area contributed by atoms with Crippen LogP contribution in [0.4, 0.5) is 0 Å². The molecule has 0 unspecified atom stereocenters. The minimum absolute atomic E-state index is 0.249. The molecule has 1 aromatic carbocycles. The predicted octanol–water partition coefficient (Wildman–Crippen LogP) is 2.75. The molecule has 1 fully saturated rings. The molecule has 1 aromatic rings. The van der Waals surface area contributed by atoms with Crippen LogP contribution in [0.5, 0.6) is 0 Å². The number of benzene rings is 1. The standard InChI is InChI=1S/C18H25NO3S/c1-16-8-10-17(11-9-16)23(21,22)19-15-7-6-14-18(20)12-4-2-3-5-13-18/h8-11,19-20H,2-5,7,12-13,15H2,1H3. The number of hydrogen-bond acceptors (Lipinski definition) is 3. The summed E-state index contributed by atoms with van der Waals surface area (Å²) >= 11 is 0. The fourth-order valence-corrected chi connectivity index (χ4v) is 3.75. The van der Waals surface area contributed by atoms with Crippen molar-refractivity contribution in [3.63, 3.8) is 0 Å². The fourth-order valence-electron chi connectivity index (χ4n) is 2.71. The molecule has 1 saturated carbocycles. The second-order valence-corrected chi connectivity index (χ2v) is 7.98. The monoisotopic (exact) mass is 335 g/mol. The lowest BCUT2D eigenvalue weighted by Gasteiger charge is -2.19. The summed E-state index contributed by atoms with van der Waals surface area (Å²) in [7, 11) is -3.48. The average Bonchev–Trinajstić information content (AvgIpc) is 2.72. The molecule has 0 aliphatic heterocycles. The van der Waals surface area contributed by atoms with Gasteiger partial charge in [0.1, 0.15) is 5.60 Å². The van der Waals surface area contributed by atoms with E-state index in [0.717, 1.165) is 44.1 Å². The Bertz CT molecular complexity index is 660. The van der Waals surface area contributed by atoms with Gasteiger partial charge < -0.3 is 5.11 Å². The number of sulfonamides is 1. The number of aryl methyl sites for hydroxylation is 1. The van der Waals surface area contributed by atoms with Crippen LogP contribution in [0.1, 0.15) is 50.5 Å². The van der Waals surface area contributed by atoms with Crippen LogP contribution in [-0.2, 0) is 10.0 Å². The first-order chi connectivity index (χ1) is 10.9. The lowest BCUT2D eigenvalue weighted by Crippen LogP contribution is -2.26. The summed E-state index contributed by atoms with van der Waals surface area (Å²) in [6, 6.07) is 6.74. The highest BCUT2D eigenvalue weighted by atomic mass is 32.2. The third-order valence-electron chi connectivity index (χ3n) is 4.13. The van der Waals surface area contributed by atoms with Crippen molar-refractivity contribution in [3.05, 3.63) is 29.8 Å². The zero-order chi connectivity index (χ0) is 16.8. The first-order valence-electron chi connectivity index (χ1n) is 8.20. The van der Waals surface area contributed by atoms with E-state index >= 15 is 0 Å². The molecule has 0 radical (unpaired) electrons. The van der Waals surface area contributed by atoms with E-state index in [9.17, 15) is 13.5 Å². The predicted molar refractivity (Wildman–Crippen MR) is 91.4 cm³/mol. The Morgan fingerprint density at radius 1 is 1.13 bits per heavy atom. The second-order valence-electron chi connectivity index (χ2n) is 6.21. The van der Waals surface area contributed by atoms with Crippen molar-refractivity contribution < 1.29 is 13.5 Å². The highest BCUT2D eigenvalue weighted by Gasteiger charge is 2.25. The maximum absolute atomic E-state index is 12.1. The van der Waals surface area contributed by atoms with E-state index in [1.165, 1.54) is 0 Å². The van der Waals surface area contributed by atoms with Gasteiger partial charge in [-0.05, 0) is 44.7 Å². The molecule has 0 aromatic heterocycles. The Morgan fingerprint density at radius 3 is 2.35 bits per heavy atom. The summed E-state index contributed by atoms with van der Waals surface area (Å²) in [6.45, 7) is 2.16. The zero-order valence-electron chi connectivity index (χ0n) is 13.6. The van der Waals surface area contributed by atoms with E-state index in [-0.39, 0.29) is 11.4 Å². The highest BCUT2D eigenvalue weighted by molar-refractivity contribution is 7.89. The molecule has 0 heterocycles. The molecule has 2 N–H and O–H groups in total. The molecule has 2 rings (SSSR count). The average molecular weight is 335 g/mol. The third-order valence-corrected chi connectivity index (χ3v) is 5.60. The molecule has 0 spiro atoms. The van der Waals surface area contributed by atoms with Crippen LogP contribution in [0.25, 0.3) is 0 Å². The van der Waals surface area contributed by atoms with Crippen molar-refractivity contribution in [1.82, 2.24) is 4.72 Å². The quantitative estimate of drug-likeness (QED) is 0.505. The van der Waals surface area contributed by atoms with Crippen LogP contribution >= 0.6 is 0 Å². The van der Waals surface area contributed by atoms with Crippen LogP contribution in [0, 0.1) is 18.8 Å². The summed E-state index contributed by atoms with van der Waals surface area (Å²) in [4.78, 5) is 0.262. The van der Waals surface area contributed by atoms with Crippen molar-refractivity contribution >= 4 is 10.0 Å². The molecule has 5 heteroatoms. The van der Waals surface area contributed by atoms with Gasteiger partial charge >= 0.3 is 0 Å². The van der Waals surface area contributed by atoms with Crippen molar-refractivity contribution in [3.8, 4) is 11.8 Å². The van der Waals surface area contributed by atoms with E-state index in [4.69, 9.17) is 0 Å². The van der Waals surface area contributed by atoms with Gasteiger partial charge in [0.2, 0.25) is 10.0 Å². The van der Waals surface area contributed by atoms with Gasteiger partial charge in [-0.25, -0.2) is 13.1 Å². The summed E-state index contributed by atoms with van der Waals surface area (Å²) < 4.78 is 26.8. The molecule has 1 aliphatic carbocycles. The van der Waals surface area contributed by atoms with Gasteiger partial charge in [0.15, 0.2) is 0 Å². The van der Waals surface area contributed by atoms with Crippen molar-refractivity contribution in [2.24, 2.45) is 0 Å². The maximum atomic E-state index is 12.1. The molecule has 1 aliphatic rings. The molecule has 0 atom stereocenters. The molecular weight excluding hydrogens is 310 g/mol. The van der Waals surface area contributed by atoms with Crippen LogP contribution in [0.15, 0.2) is 29.2 Å². The number of hydrogen-bond donors (Lipinski definition) is 2. The molecule has 0 amide bonds. The molecule has 126 valence electrons. The van der Waals surface area contributed by atoms with Gasteiger partial charge in [-0.1, -0.05) is 42.4 Å². The number of nitrogens with one attached hydrogen (secondary N) is 1. The molecule has 0 saturated heterocycles. The van der Waals surface area contributed by atoms with Crippen molar-refractivity contribution in [1.29, 1.82) is 0 Å². The van der Waals surface area contributed by atoms with Gasteiger partial charge in [-0.2, -0.15) is 0 Å². The molecule has 4 nitrogen and oxygen atoms in total. The van der Waals surface area contributed by atoms with E-state index in [1.54, 1.807) is 24.3 Å². The second kappa shape index (κ2) is 7.96. The summed E-state index contributed by atoms with van der Waals surface area (Å²) in [5.41, 5.74) is 0.137. The summed E-state index contributed by atoms with van der Waals surface area (Å²) in [5.74, 6) is 5.87. The lowest BCUT2D eigenvalue weighted by molar-refractivity contribution is 0.0848. The lowest BCUT2D eigenvalue weighted by atomic mass is 9.95. The Kier molecular flexibility index (Phi) is 6.23. The van der Waals surface area contributed by atoms with Crippen LogP contribution in [0.3, 0.4) is 0 Å². The van der Waals surface area contributed by atoms with Gasteiger partial charge in [-0.15, -0.1) is 0 Å². The number of aliphatic hydroxyl groups is 1. The van der Waals surface area contributed by atoms with Crippen molar-refractivity contribution in [2.75, 3.05) is 6.54 Å². The van der Waals surface area contributed by atoms with Gasteiger partial charge in [0.25, 0.3) is 0 Å². The highest BCUT2D eigenvalue weighted by Crippen LogP contribution is 2.26. The smallest absolute Gasteiger partial charge is 0.240 e. The van der Waals surface area contributed by atoms with Gasteiger partial charge in [-0.3, -0.25) is 0 Å². The molecular formula is C18H25NO3S. The van der Waals surface area contributed by atoms with Gasteiger partial charge in [0.05, 0.1) is 4.90 Å². The third kappa shape index (κ3) is 5.65. The maximum Gasteiger partial charge on any atom is 0.240 e. The SMILES string of the molecule is Cc1ccc(S(=O)(=O)NCCC#CC2(O)CCCCCC2)cc1. The summed E-state index contributed by atoms with van der Waals surface area (Å²) in [6.07, 6.45) is 6.15. The van der Waals surface area contributed by atoms with Gasteiger partial charge in [0, 0.05) is 13.0 Å². The topological polar surface area (TPSA) is 66.4 Å². The Labute approximate surface area is 139 Å². The molecule has 0 bridgehead atoms. The Morgan fingerprint density at radius 2 is 1.74 bits per heavy atom. The normalized spacial score (nSPS) is 17.8. The van der Waals surface area contributed by atoms with Crippen LogP contribution in [0.2, 0.25) is 0 Å². The van der Waals surface area contributed by atoms with Crippen LogP contribution < -0.4 is 4.72 Å². The number of rotatable bonds is 4. The molecule has 23 heavy (non-hydrogen) atoms. The van der Waals surface area contributed by atoms with E-state index in [1.807, 2.05) is 6.92 Å². The summed E-state index contributed by atoms with van der Waals surface area (Å²) in [5, 5.41) is 10.4. The first kappa shape index (κ1) is 18.0. The Hall–Kier alpha value is -1.35. The minimum atomic E-state index is -3.48. The van der Waals surface area contributed by atoms with Crippen molar-refractivity contribution in [2.45, 2.75) is 62.4 Å². The van der Waals surface area contributed by atoms with E-state index < -0.39 is 15.6 Å². The minimum Gasteiger partial charge on any atom is -0.378 e. The fraction of sp³-hybridized carbons (Fsp3) is 0.556. The van der Waals surface area contributed by atoms with E-state index in [2.05, 4.69) is 16.6 Å². The Balaban J connectivity index is 1.85. The van der Waals surface area contributed by atoms with Crippen LogP contribution in [-0.4, -0.2) is 25.7 Å². The first-order valence-corrected chi connectivity index (χ1v) is 9.68.